The summed E-state index contributed by atoms with van der Waals surface area (Å²) in [6.07, 6.45) is 3.10. The summed E-state index contributed by atoms with van der Waals surface area (Å²) >= 11 is 1.47. The van der Waals surface area contributed by atoms with E-state index in [1.165, 1.54) is 18.0 Å². The van der Waals surface area contributed by atoms with Crippen LogP contribution >= 0.6 is 11.8 Å². The molecule has 0 spiro atoms. The van der Waals surface area contributed by atoms with Crippen LogP contribution in [0.15, 0.2) is 66.0 Å². The molecule has 138 valence electrons. The summed E-state index contributed by atoms with van der Waals surface area (Å²) < 4.78 is 18.8. The number of hydrogen-bond acceptors (Lipinski definition) is 6. The van der Waals surface area contributed by atoms with Crippen molar-refractivity contribution in [2.45, 2.75) is 11.3 Å². The molecule has 2 aromatic carbocycles. The highest BCUT2D eigenvalue weighted by Crippen LogP contribution is 2.31. The number of aromatic nitrogens is 2. The van der Waals surface area contributed by atoms with E-state index in [2.05, 4.69) is 4.98 Å². The predicted molar refractivity (Wildman–Crippen MR) is 102 cm³/mol. The van der Waals surface area contributed by atoms with Crippen molar-refractivity contribution in [3.63, 3.8) is 0 Å². The van der Waals surface area contributed by atoms with E-state index in [0.29, 0.717) is 23.8 Å². The number of hydrogen-bond donors (Lipinski definition) is 0. The molecule has 1 aromatic heterocycles. The van der Waals surface area contributed by atoms with Crippen molar-refractivity contribution in [1.29, 1.82) is 0 Å². The van der Waals surface area contributed by atoms with Gasteiger partial charge in [-0.05, 0) is 30.5 Å². The Bertz CT molecular complexity index is 942. The fourth-order valence-electron chi connectivity index (χ4n) is 2.84. The summed E-state index contributed by atoms with van der Waals surface area (Å²) in [7, 11) is 0. The highest BCUT2D eigenvalue weighted by atomic mass is 32.2. The van der Waals surface area contributed by atoms with Gasteiger partial charge in [-0.2, -0.15) is 0 Å². The van der Waals surface area contributed by atoms with E-state index in [1.54, 1.807) is 4.57 Å². The second kappa shape index (κ2) is 7.75. The minimum absolute atomic E-state index is 0.0989. The molecule has 0 saturated heterocycles. The van der Waals surface area contributed by atoms with Crippen molar-refractivity contribution >= 4 is 17.7 Å². The van der Waals surface area contributed by atoms with Gasteiger partial charge in [0.2, 0.25) is 0 Å². The Morgan fingerprint density at radius 2 is 1.93 bits per heavy atom. The molecule has 27 heavy (non-hydrogen) atoms. The van der Waals surface area contributed by atoms with Crippen LogP contribution in [0.1, 0.15) is 10.5 Å². The molecule has 0 bridgehead atoms. The average Bonchev–Trinajstić information content (AvgIpc) is 3.17. The quantitative estimate of drug-likeness (QED) is 0.496. The highest BCUT2D eigenvalue weighted by molar-refractivity contribution is 7.98. The van der Waals surface area contributed by atoms with Gasteiger partial charge in [0.05, 0.1) is 6.20 Å². The molecule has 0 amide bonds. The van der Waals surface area contributed by atoms with Crippen LogP contribution < -0.4 is 9.47 Å². The van der Waals surface area contributed by atoms with Gasteiger partial charge in [0, 0.05) is 5.69 Å². The number of nitrogens with zero attached hydrogens (tertiary/aromatic N) is 2. The van der Waals surface area contributed by atoms with E-state index in [0.717, 1.165) is 10.8 Å². The second-order valence-electron chi connectivity index (χ2n) is 5.90. The second-order valence-corrected chi connectivity index (χ2v) is 6.67. The van der Waals surface area contributed by atoms with Crippen LogP contribution in [0, 0.1) is 0 Å². The number of ether oxygens (including phenoxy) is 3. The SMILES string of the molecule is CSc1ncc(C(=O)OCC2COc3ccccc3O2)n1-c1ccccc1. The standard InChI is InChI=1S/C20H18N2O4S/c1-27-20-21-11-16(22(20)14-7-3-2-4-8-14)19(23)25-13-15-12-24-17-9-5-6-10-18(17)26-15/h2-11,15H,12-13H2,1H3. The summed E-state index contributed by atoms with van der Waals surface area (Å²) in [6.45, 7) is 0.431. The van der Waals surface area contributed by atoms with E-state index in [4.69, 9.17) is 14.2 Å². The van der Waals surface area contributed by atoms with Crippen LogP contribution in [-0.2, 0) is 4.74 Å². The summed E-state index contributed by atoms with van der Waals surface area (Å²) in [5.74, 6) is 0.907. The first-order valence-corrected chi connectivity index (χ1v) is 9.71. The molecule has 3 aromatic rings. The zero-order valence-corrected chi connectivity index (χ0v) is 15.5. The topological polar surface area (TPSA) is 62.6 Å². The molecule has 0 N–H and O–H groups in total. The molecule has 0 aliphatic carbocycles. The molecule has 1 aliphatic rings. The highest BCUT2D eigenvalue weighted by Gasteiger charge is 2.24. The average molecular weight is 382 g/mol. The first-order chi connectivity index (χ1) is 13.3. The molecule has 4 rings (SSSR count). The number of carbonyl (C=O) groups excluding carboxylic acids is 1. The van der Waals surface area contributed by atoms with E-state index < -0.39 is 5.97 Å². The lowest BCUT2D eigenvalue weighted by molar-refractivity contribution is 0.0103. The Balaban J connectivity index is 1.47. The predicted octanol–water partition coefficient (Wildman–Crippen LogP) is 3.59. The normalized spacial score (nSPS) is 15.4. The third-order valence-corrected chi connectivity index (χ3v) is 4.76. The van der Waals surface area contributed by atoms with Gasteiger partial charge in [-0.3, -0.25) is 4.57 Å². The first kappa shape index (κ1) is 17.5. The number of imidazole rings is 1. The molecule has 7 heteroatoms. The summed E-state index contributed by atoms with van der Waals surface area (Å²) in [5, 5.41) is 0.722. The zero-order chi connectivity index (χ0) is 18.6. The molecule has 1 atom stereocenters. The molecular weight excluding hydrogens is 364 g/mol. The number of esters is 1. The molecule has 1 aliphatic heterocycles. The molecule has 1 unspecified atom stereocenters. The van der Waals surface area contributed by atoms with Gasteiger partial charge >= 0.3 is 5.97 Å². The van der Waals surface area contributed by atoms with Crippen molar-refractivity contribution in [3.05, 3.63) is 66.5 Å². The fourth-order valence-corrected chi connectivity index (χ4v) is 3.38. The Morgan fingerprint density at radius 1 is 1.19 bits per heavy atom. The number of para-hydroxylation sites is 3. The van der Waals surface area contributed by atoms with Crippen LogP contribution in [-0.4, -0.2) is 41.1 Å². The monoisotopic (exact) mass is 382 g/mol. The van der Waals surface area contributed by atoms with Crippen molar-refractivity contribution < 1.29 is 19.0 Å². The lowest BCUT2D eigenvalue weighted by atomic mass is 10.2. The van der Waals surface area contributed by atoms with Gasteiger partial charge in [-0.25, -0.2) is 9.78 Å². The van der Waals surface area contributed by atoms with Crippen molar-refractivity contribution in [2.24, 2.45) is 0 Å². The van der Waals surface area contributed by atoms with Gasteiger partial charge in [-0.1, -0.05) is 42.1 Å². The molecule has 0 fully saturated rings. The van der Waals surface area contributed by atoms with Crippen molar-refractivity contribution in [3.8, 4) is 17.2 Å². The van der Waals surface area contributed by atoms with Crippen LogP contribution in [0.3, 0.4) is 0 Å². The van der Waals surface area contributed by atoms with Gasteiger partial charge in [-0.15, -0.1) is 0 Å². The zero-order valence-electron chi connectivity index (χ0n) is 14.7. The maximum Gasteiger partial charge on any atom is 0.357 e. The lowest BCUT2D eigenvalue weighted by Crippen LogP contribution is -2.34. The maximum atomic E-state index is 12.7. The summed E-state index contributed by atoms with van der Waals surface area (Å²) in [4.78, 5) is 17.0. The minimum atomic E-state index is -0.450. The van der Waals surface area contributed by atoms with Gasteiger partial charge < -0.3 is 14.2 Å². The van der Waals surface area contributed by atoms with E-state index in [-0.39, 0.29) is 12.7 Å². The van der Waals surface area contributed by atoms with Crippen LogP contribution in [0.2, 0.25) is 0 Å². The van der Waals surface area contributed by atoms with Crippen LogP contribution in [0.5, 0.6) is 11.5 Å². The summed E-state index contributed by atoms with van der Waals surface area (Å²) in [6, 6.07) is 17.0. The number of benzene rings is 2. The van der Waals surface area contributed by atoms with Gasteiger partial charge in [0.15, 0.2) is 28.5 Å². The molecule has 0 saturated carbocycles. The van der Waals surface area contributed by atoms with E-state index >= 15 is 0 Å². The van der Waals surface area contributed by atoms with E-state index in [9.17, 15) is 4.79 Å². The molecule has 6 nitrogen and oxygen atoms in total. The third-order valence-electron chi connectivity index (χ3n) is 4.10. The number of thioether (sulfide) groups is 1. The molecule has 2 heterocycles. The lowest BCUT2D eigenvalue weighted by Gasteiger charge is -2.26. The number of fused-ring (bicyclic) bond motifs is 1. The minimum Gasteiger partial charge on any atom is -0.486 e. The Labute approximate surface area is 161 Å². The number of carbonyl (C=O) groups is 1. The fraction of sp³-hybridized carbons (Fsp3) is 0.200. The smallest absolute Gasteiger partial charge is 0.357 e. The summed E-state index contributed by atoms with van der Waals surface area (Å²) in [5.41, 5.74) is 1.24. The van der Waals surface area contributed by atoms with E-state index in [1.807, 2.05) is 60.9 Å². The first-order valence-electron chi connectivity index (χ1n) is 8.49. The van der Waals surface area contributed by atoms with Gasteiger partial charge in [0.25, 0.3) is 0 Å². The molecule has 0 radical (unpaired) electrons. The van der Waals surface area contributed by atoms with Crippen molar-refractivity contribution in [1.82, 2.24) is 9.55 Å². The Hall–Kier alpha value is -2.93. The van der Waals surface area contributed by atoms with Crippen molar-refractivity contribution in [2.75, 3.05) is 19.5 Å². The molecular formula is C20H18N2O4S. The maximum absolute atomic E-state index is 12.7. The van der Waals surface area contributed by atoms with Crippen LogP contribution in [0.4, 0.5) is 0 Å². The Morgan fingerprint density at radius 3 is 2.70 bits per heavy atom. The Kier molecular flexibility index (Phi) is 5.02. The van der Waals surface area contributed by atoms with Gasteiger partial charge in [0.1, 0.15) is 13.2 Å². The third kappa shape index (κ3) is 3.64. The number of rotatable bonds is 5. The van der Waals surface area contributed by atoms with Crippen LogP contribution in [0.25, 0.3) is 5.69 Å². The largest absolute Gasteiger partial charge is 0.486 e.